The monoisotopic (exact) mass is 320 g/mol. The summed E-state index contributed by atoms with van der Waals surface area (Å²) >= 11 is 1.29. The summed E-state index contributed by atoms with van der Waals surface area (Å²) in [6.45, 7) is 2.76. The molecule has 0 aliphatic carbocycles. The third-order valence-corrected chi connectivity index (χ3v) is 2.71. The molecule has 0 spiro atoms. The normalized spacial score (nSPS) is 19.2. The molecule has 0 amide bonds. The molecule has 4 heteroatoms. The molecule has 0 aromatic carbocycles. The van der Waals surface area contributed by atoms with Crippen molar-refractivity contribution in [2.75, 3.05) is 13.1 Å². The van der Waals surface area contributed by atoms with Crippen molar-refractivity contribution >= 4 is 0 Å². The Labute approximate surface area is 78.0 Å². The minimum atomic E-state index is 0. The fourth-order valence-corrected chi connectivity index (χ4v) is 1.85. The topological polar surface area (TPSA) is 3.24 Å². The first-order valence-electron chi connectivity index (χ1n) is 2.36. The molecule has 0 unspecified atom stereocenters. The average Bonchev–Trinajstić information content (AvgIpc) is 1.86. The van der Waals surface area contributed by atoms with Crippen LogP contribution in [0.15, 0.2) is 0 Å². The van der Waals surface area contributed by atoms with Gasteiger partial charge in [0.2, 0.25) is 0 Å². The summed E-state index contributed by atoms with van der Waals surface area (Å²) in [5, 5.41) is 0. The van der Waals surface area contributed by atoms with Crippen molar-refractivity contribution in [3.63, 3.8) is 0 Å². The molecule has 1 nitrogen and oxygen atoms in total. The zero-order chi connectivity index (χ0) is 4.41. The first-order valence-corrected chi connectivity index (χ1v) is 3.96. The Hall–Kier alpha value is 1.41. The van der Waals surface area contributed by atoms with E-state index in [0.29, 0.717) is 0 Å². The molecular formula is C4H8Cl2HfN. The molecule has 1 aliphatic rings. The maximum absolute atomic E-state index is 2.50. The molecule has 0 atom stereocenters. The number of halogens is 2. The third-order valence-electron chi connectivity index (χ3n) is 1.11. The van der Waals surface area contributed by atoms with Gasteiger partial charge in [-0.05, 0) is 0 Å². The standard InChI is InChI=1S/C4H8N.2ClH.Hf/c1-2-4-5-3-1;;;/h1-4H2;2*1H;/q-1;;;+3/p-2. The van der Waals surface area contributed by atoms with Gasteiger partial charge in [-0.25, -0.2) is 0 Å². The van der Waals surface area contributed by atoms with E-state index < -0.39 is 0 Å². The average molecular weight is 320 g/mol. The van der Waals surface area contributed by atoms with Crippen LogP contribution in [-0.4, -0.2) is 16.0 Å². The number of hydrogen-bond acceptors (Lipinski definition) is 1. The second-order valence-electron chi connectivity index (χ2n) is 1.69. The molecule has 0 N–H and O–H groups in total. The molecule has 0 aromatic heterocycles. The van der Waals surface area contributed by atoms with Crippen LogP contribution in [0.25, 0.3) is 0 Å². The summed E-state index contributed by atoms with van der Waals surface area (Å²) in [5.74, 6) is 0. The van der Waals surface area contributed by atoms with E-state index in [0.717, 1.165) is 0 Å². The Morgan fingerprint density at radius 2 is 1.38 bits per heavy atom. The van der Waals surface area contributed by atoms with E-state index in [4.69, 9.17) is 0 Å². The SMILES string of the molecule is [Cl-].[Cl-].[Hf+2][N]1CCCC1. The summed E-state index contributed by atoms with van der Waals surface area (Å²) in [4.78, 5) is 0. The summed E-state index contributed by atoms with van der Waals surface area (Å²) in [6.07, 6.45) is 2.90. The Morgan fingerprint density at radius 3 is 1.50 bits per heavy atom. The van der Waals surface area contributed by atoms with Crippen LogP contribution in [-0.2, 0) is 24.7 Å². The third kappa shape index (κ3) is 4.30. The number of nitrogens with zero attached hydrogens (tertiary/aromatic N) is 1. The van der Waals surface area contributed by atoms with E-state index in [1.807, 2.05) is 0 Å². The number of hydrogen-bond donors (Lipinski definition) is 0. The second-order valence-corrected chi connectivity index (χ2v) is 3.97. The molecule has 1 fully saturated rings. The molecule has 1 rings (SSSR count). The van der Waals surface area contributed by atoms with Crippen LogP contribution in [0.3, 0.4) is 0 Å². The quantitative estimate of drug-likeness (QED) is 0.403. The first-order chi connectivity index (χ1) is 2.89. The predicted molar refractivity (Wildman–Crippen MR) is 20.8 cm³/mol. The van der Waals surface area contributed by atoms with Gasteiger partial charge < -0.3 is 24.8 Å². The van der Waals surface area contributed by atoms with Gasteiger partial charge in [-0.1, -0.05) is 0 Å². The van der Waals surface area contributed by atoms with E-state index in [-0.39, 0.29) is 24.8 Å². The van der Waals surface area contributed by atoms with Crippen LogP contribution in [0.4, 0.5) is 0 Å². The van der Waals surface area contributed by atoms with E-state index >= 15 is 0 Å². The van der Waals surface area contributed by atoms with Gasteiger partial charge in [-0.15, -0.1) is 0 Å². The van der Waals surface area contributed by atoms with Gasteiger partial charge in [0.15, 0.2) is 0 Å². The van der Waals surface area contributed by atoms with E-state index in [1.165, 1.54) is 50.6 Å². The van der Waals surface area contributed by atoms with E-state index in [9.17, 15) is 0 Å². The van der Waals surface area contributed by atoms with E-state index in [1.54, 1.807) is 0 Å². The van der Waals surface area contributed by atoms with Crippen molar-refractivity contribution in [3.05, 3.63) is 0 Å². The van der Waals surface area contributed by atoms with Crippen LogP contribution in [0.5, 0.6) is 0 Å². The maximum atomic E-state index is 2.50. The fraction of sp³-hybridized carbons (Fsp3) is 1.00. The molecule has 1 aliphatic heterocycles. The molecule has 0 saturated carbocycles. The molecular weight excluding hydrogens is 311 g/mol. The predicted octanol–water partition coefficient (Wildman–Crippen LogP) is -5.45. The molecule has 1 saturated heterocycles. The van der Waals surface area contributed by atoms with Crippen LogP contribution >= 0.6 is 0 Å². The van der Waals surface area contributed by atoms with Crippen LogP contribution < -0.4 is 24.8 Å². The van der Waals surface area contributed by atoms with Gasteiger partial charge in [-0.2, -0.15) is 0 Å². The number of rotatable bonds is 0. The minimum absolute atomic E-state index is 0. The van der Waals surface area contributed by atoms with Gasteiger partial charge >= 0.3 is 53.5 Å². The van der Waals surface area contributed by atoms with E-state index in [2.05, 4.69) is 2.89 Å². The molecule has 0 bridgehead atoms. The molecule has 0 radical (unpaired) electrons. The second kappa shape index (κ2) is 6.53. The molecule has 0 aromatic rings. The first kappa shape index (κ1) is 12.1. The van der Waals surface area contributed by atoms with Gasteiger partial charge in [0.05, 0.1) is 0 Å². The Kier molecular flexibility index (Phi) is 9.89. The Morgan fingerprint density at radius 1 is 1.00 bits per heavy atom. The van der Waals surface area contributed by atoms with Gasteiger partial charge in [0.25, 0.3) is 0 Å². The van der Waals surface area contributed by atoms with Gasteiger partial charge in [-0.3, -0.25) is 0 Å². The molecule has 8 heavy (non-hydrogen) atoms. The van der Waals surface area contributed by atoms with Crippen LogP contribution in [0.2, 0.25) is 0 Å². The van der Waals surface area contributed by atoms with Gasteiger partial charge in [0, 0.05) is 0 Å². The summed E-state index contributed by atoms with van der Waals surface area (Å²) < 4.78 is 2.50. The van der Waals surface area contributed by atoms with Crippen LogP contribution in [0, 0.1) is 0 Å². The summed E-state index contributed by atoms with van der Waals surface area (Å²) in [6, 6.07) is 0. The van der Waals surface area contributed by atoms with Crippen LogP contribution in [0.1, 0.15) is 12.8 Å². The Bertz CT molecular complexity index is 47.3. The zero-order valence-electron chi connectivity index (χ0n) is 4.53. The molecule has 1 heterocycles. The van der Waals surface area contributed by atoms with Gasteiger partial charge in [0.1, 0.15) is 0 Å². The van der Waals surface area contributed by atoms with Crippen molar-refractivity contribution < 1.29 is 49.5 Å². The fourth-order valence-electron chi connectivity index (χ4n) is 0.717. The Balaban J connectivity index is 0. The molecule has 47 valence electrons. The van der Waals surface area contributed by atoms with Crippen molar-refractivity contribution in [1.82, 2.24) is 2.89 Å². The van der Waals surface area contributed by atoms with Crippen molar-refractivity contribution in [1.29, 1.82) is 0 Å². The van der Waals surface area contributed by atoms with Crippen molar-refractivity contribution in [2.45, 2.75) is 12.8 Å². The summed E-state index contributed by atoms with van der Waals surface area (Å²) in [7, 11) is 0. The van der Waals surface area contributed by atoms with Crippen molar-refractivity contribution in [2.24, 2.45) is 0 Å². The zero-order valence-corrected chi connectivity index (χ0v) is 9.64. The van der Waals surface area contributed by atoms with Crippen molar-refractivity contribution in [3.8, 4) is 0 Å². The summed E-state index contributed by atoms with van der Waals surface area (Å²) in [5.41, 5.74) is 0.